The van der Waals surface area contributed by atoms with Crippen molar-refractivity contribution >= 4 is 22.8 Å². The summed E-state index contributed by atoms with van der Waals surface area (Å²) in [7, 11) is -0.945. The van der Waals surface area contributed by atoms with Crippen molar-refractivity contribution < 1.29 is 18.9 Å². The summed E-state index contributed by atoms with van der Waals surface area (Å²) in [4.78, 5) is 22.8. The highest BCUT2D eigenvalue weighted by Crippen LogP contribution is 2.38. The van der Waals surface area contributed by atoms with Crippen LogP contribution in [0.3, 0.4) is 0 Å². The Balaban J connectivity index is 2.44. The fourth-order valence-corrected chi connectivity index (χ4v) is 2.56. The van der Waals surface area contributed by atoms with E-state index in [0.717, 1.165) is 6.42 Å². The zero-order valence-corrected chi connectivity index (χ0v) is 11.5. The van der Waals surface area contributed by atoms with Gasteiger partial charge >= 0.3 is 12.0 Å². The summed E-state index contributed by atoms with van der Waals surface area (Å²) in [5.74, 6) is -0.478. The third-order valence-corrected chi connectivity index (χ3v) is 4.21. The third kappa shape index (κ3) is 3.69. The molecule has 3 unspecified atom stereocenters. The molecule has 0 aliphatic heterocycles. The first-order valence-electron chi connectivity index (χ1n) is 5.94. The average Bonchev–Trinajstić information content (AvgIpc) is 2.61. The van der Waals surface area contributed by atoms with Gasteiger partial charge in [0.15, 0.2) is 0 Å². The summed E-state index contributed by atoms with van der Waals surface area (Å²) >= 11 is 0. The van der Waals surface area contributed by atoms with Crippen molar-refractivity contribution in [3.05, 3.63) is 0 Å². The molecular formula is C11H20N2O4S. The number of carboxylic acids is 1. The summed E-state index contributed by atoms with van der Waals surface area (Å²) in [5, 5.41) is 14.5. The average molecular weight is 276 g/mol. The van der Waals surface area contributed by atoms with E-state index in [1.54, 1.807) is 13.2 Å². The van der Waals surface area contributed by atoms with Gasteiger partial charge in [0.25, 0.3) is 0 Å². The van der Waals surface area contributed by atoms with Crippen LogP contribution >= 0.6 is 0 Å². The minimum absolute atomic E-state index is 0.325. The topological polar surface area (TPSA) is 95.5 Å². The fraction of sp³-hybridized carbons (Fsp3) is 0.818. The molecule has 7 heteroatoms. The van der Waals surface area contributed by atoms with Gasteiger partial charge in [-0.1, -0.05) is 6.42 Å². The van der Waals surface area contributed by atoms with Gasteiger partial charge in [0, 0.05) is 35.4 Å². The van der Waals surface area contributed by atoms with Crippen molar-refractivity contribution in [3.63, 3.8) is 0 Å². The number of hydrogen-bond acceptors (Lipinski definition) is 3. The summed E-state index contributed by atoms with van der Waals surface area (Å²) in [5.41, 5.74) is -0.884. The van der Waals surface area contributed by atoms with Crippen LogP contribution in [0.15, 0.2) is 0 Å². The van der Waals surface area contributed by atoms with Crippen LogP contribution in [-0.4, -0.2) is 45.9 Å². The number of rotatable bonds is 5. The second kappa shape index (κ2) is 6.17. The summed E-state index contributed by atoms with van der Waals surface area (Å²) in [6.45, 7) is 1.99. The lowest BCUT2D eigenvalue weighted by molar-refractivity contribution is -0.148. The Labute approximate surface area is 109 Å². The number of hydrogen-bond donors (Lipinski definition) is 3. The summed E-state index contributed by atoms with van der Waals surface area (Å²) < 4.78 is 10.8. The predicted octanol–water partition coefficient (Wildman–Crippen LogP) is 0.307. The monoisotopic (exact) mass is 276 g/mol. The molecule has 0 bridgehead atoms. The van der Waals surface area contributed by atoms with E-state index in [9.17, 15) is 18.9 Å². The van der Waals surface area contributed by atoms with Gasteiger partial charge in [-0.05, 0) is 19.8 Å². The molecular weight excluding hydrogens is 256 g/mol. The van der Waals surface area contributed by atoms with Crippen LogP contribution in [0.1, 0.15) is 26.2 Å². The third-order valence-electron chi connectivity index (χ3n) is 3.43. The molecule has 0 aromatic carbocycles. The Morgan fingerprint density at radius 3 is 2.72 bits per heavy atom. The van der Waals surface area contributed by atoms with E-state index in [1.807, 2.05) is 0 Å². The first-order valence-corrected chi connectivity index (χ1v) is 7.67. The maximum Gasteiger partial charge on any atom is 0.315 e. The van der Waals surface area contributed by atoms with Crippen LogP contribution in [0.2, 0.25) is 0 Å². The Morgan fingerprint density at radius 1 is 1.50 bits per heavy atom. The lowest BCUT2D eigenvalue weighted by Crippen LogP contribution is -2.50. The summed E-state index contributed by atoms with van der Waals surface area (Å²) in [6.07, 6.45) is 3.62. The van der Waals surface area contributed by atoms with Gasteiger partial charge in [0.1, 0.15) is 0 Å². The van der Waals surface area contributed by atoms with Gasteiger partial charge in [-0.2, -0.15) is 0 Å². The van der Waals surface area contributed by atoms with Crippen molar-refractivity contribution in [2.75, 3.05) is 18.6 Å². The fourth-order valence-electron chi connectivity index (χ4n) is 2.17. The van der Waals surface area contributed by atoms with Crippen LogP contribution in [0.25, 0.3) is 0 Å². The Bertz CT molecular complexity index is 361. The van der Waals surface area contributed by atoms with E-state index in [1.165, 1.54) is 0 Å². The molecule has 104 valence electrons. The molecule has 1 aliphatic carbocycles. The van der Waals surface area contributed by atoms with Crippen molar-refractivity contribution in [2.45, 2.75) is 32.2 Å². The van der Waals surface area contributed by atoms with Crippen LogP contribution in [0, 0.1) is 5.41 Å². The molecule has 0 aromatic rings. The second-order valence-corrected chi connectivity index (χ2v) is 6.40. The van der Waals surface area contributed by atoms with Crippen molar-refractivity contribution in [3.8, 4) is 0 Å². The van der Waals surface area contributed by atoms with Gasteiger partial charge in [-0.3, -0.25) is 9.00 Å². The van der Waals surface area contributed by atoms with Crippen LogP contribution in [0.5, 0.6) is 0 Å². The van der Waals surface area contributed by atoms with E-state index in [4.69, 9.17) is 0 Å². The molecule has 1 aliphatic rings. The molecule has 1 rings (SSSR count). The van der Waals surface area contributed by atoms with E-state index >= 15 is 0 Å². The maximum atomic E-state index is 11.6. The quantitative estimate of drug-likeness (QED) is 0.673. The smallest absolute Gasteiger partial charge is 0.315 e. The summed E-state index contributed by atoms with van der Waals surface area (Å²) in [6, 6.07) is -0.734. The zero-order chi connectivity index (χ0) is 13.8. The molecule has 0 heterocycles. The normalized spacial score (nSPS) is 28.7. The number of amides is 2. The minimum Gasteiger partial charge on any atom is -0.481 e. The number of carboxylic acid groups (broad SMARTS) is 1. The standard InChI is InChI=1S/C11H20N2O4S/c1-11(9(14)15)5-3-4-8(11)13-10(16)12-6-7-18(2)17/h8H,3-7H2,1-2H3,(H,14,15)(H2,12,13,16). The van der Waals surface area contributed by atoms with Gasteiger partial charge < -0.3 is 15.7 Å². The molecule has 1 fully saturated rings. The Kier molecular flexibility index (Phi) is 5.13. The lowest BCUT2D eigenvalue weighted by atomic mass is 9.85. The molecule has 2 amide bonds. The van der Waals surface area contributed by atoms with Gasteiger partial charge in [0.05, 0.1) is 5.41 Å². The first-order chi connectivity index (χ1) is 8.36. The molecule has 3 N–H and O–H groups in total. The van der Waals surface area contributed by atoms with Gasteiger partial charge in [-0.15, -0.1) is 0 Å². The van der Waals surface area contributed by atoms with Gasteiger partial charge in [0.2, 0.25) is 0 Å². The highest BCUT2D eigenvalue weighted by Gasteiger charge is 2.45. The number of nitrogens with one attached hydrogen (secondary N) is 2. The minimum atomic E-state index is -0.945. The molecule has 0 radical (unpaired) electrons. The SMILES string of the molecule is CS(=O)CCNC(=O)NC1CCCC1(C)C(=O)O. The van der Waals surface area contributed by atoms with Gasteiger partial charge in [-0.25, -0.2) is 4.79 Å². The van der Waals surface area contributed by atoms with E-state index < -0.39 is 22.2 Å². The molecule has 0 saturated heterocycles. The zero-order valence-electron chi connectivity index (χ0n) is 10.7. The van der Waals surface area contributed by atoms with Crippen molar-refractivity contribution in [2.24, 2.45) is 5.41 Å². The van der Waals surface area contributed by atoms with E-state index in [0.29, 0.717) is 25.1 Å². The highest BCUT2D eigenvalue weighted by molar-refractivity contribution is 7.84. The number of carbonyl (C=O) groups is 2. The lowest BCUT2D eigenvalue weighted by Gasteiger charge is -2.27. The van der Waals surface area contributed by atoms with E-state index in [-0.39, 0.29) is 12.1 Å². The van der Waals surface area contributed by atoms with E-state index in [2.05, 4.69) is 10.6 Å². The number of carbonyl (C=O) groups excluding carboxylic acids is 1. The molecule has 0 aromatic heterocycles. The largest absolute Gasteiger partial charge is 0.481 e. The van der Waals surface area contributed by atoms with Crippen molar-refractivity contribution in [1.82, 2.24) is 10.6 Å². The van der Waals surface area contributed by atoms with Crippen LogP contribution in [0.4, 0.5) is 4.79 Å². The first kappa shape index (κ1) is 14.9. The van der Waals surface area contributed by atoms with Crippen LogP contribution < -0.4 is 10.6 Å². The number of urea groups is 1. The Morgan fingerprint density at radius 2 is 2.17 bits per heavy atom. The molecule has 3 atom stereocenters. The molecule has 18 heavy (non-hydrogen) atoms. The second-order valence-electron chi connectivity index (χ2n) is 4.84. The predicted molar refractivity (Wildman–Crippen MR) is 68.8 cm³/mol. The molecule has 6 nitrogen and oxygen atoms in total. The molecule has 1 saturated carbocycles. The Hall–Kier alpha value is -1.11. The van der Waals surface area contributed by atoms with Crippen LogP contribution in [-0.2, 0) is 15.6 Å². The number of aliphatic carboxylic acids is 1. The maximum absolute atomic E-state index is 11.6. The highest BCUT2D eigenvalue weighted by atomic mass is 32.2. The van der Waals surface area contributed by atoms with Crippen molar-refractivity contribution in [1.29, 1.82) is 0 Å². The molecule has 0 spiro atoms.